The summed E-state index contributed by atoms with van der Waals surface area (Å²) in [6.07, 6.45) is 3.30. The maximum atomic E-state index is 11.3. The van der Waals surface area contributed by atoms with Crippen molar-refractivity contribution in [1.29, 1.82) is 0 Å². The van der Waals surface area contributed by atoms with Crippen molar-refractivity contribution in [2.45, 2.75) is 33.1 Å². The van der Waals surface area contributed by atoms with E-state index in [1.807, 2.05) is 6.92 Å². The van der Waals surface area contributed by atoms with Gasteiger partial charge >= 0.3 is 5.97 Å². The molecular weight excluding hydrogens is 140 g/mol. The van der Waals surface area contributed by atoms with Gasteiger partial charge in [-0.15, -0.1) is 0 Å². The number of methoxy groups -OCH3 is 1. The molecule has 2 unspecified atom stereocenters. The van der Waals surface area contributed by atoms with Gasteiger partial charge in [0.15, 0.2) is 0 Å². The summed E-state index contributed by atoms with van der Waals surface area (Å²) in [6, 6.07) is 0. The van der Waals surface area contributed by atoms with Gasteiger partial charge in [0.05, 0.1) is 12.5 Å². The van der Waals surface area contributed by atoms with Crippen LogP contribution in [-0.2, 0) is 9.53 Å². The standard InChI is InChI=1S/C9H16O2/c1-7-5-4-6-9(7,2)8(10)11-3/h7H,4-6H2,1-3H3. The van der Waals surface area contributed by atoms with E-state index in [0.29, 0.717) is 5.92 Å². The fraction of sp³-hybridized carbons (Fsp3) is 0.889. The highest BCUT2D eigenvalue weighted by Crippen LogP contribution is 2.43. The van der Waals surface area contributed by atoms with Crippen LogP contribution >= 0.6 is 0 Å². The number of carbonyl (C=O) groups excluding carboxylic acids is 1. The third-order valence-corrected chi connectivity index (χ3v) is 3.07. The normalized spacial score (nSPS) is 37.2. The molecule has 0 aromatic carbocycles. The molecule has 0 saturated heterocycles. The van der Waals surface area contributed by atoms with Gasteiger partial charge in [-0.2, -0.15) is 0 Å². The second-order valence-electron chi connectivity index (χ2n) is 3.70. The maximum absolute atomic E-state index is 11.3. The third kappa shape index (κ3) is 1.26. The average molecular weight is 156 g/mol. The molecule has 0 aliphatic heterocycles. The van der Waals surface area contributed by atoms with E-state index in [0.717, 1.165) is 19.3 Å². The van der Waals surface area contributed by atoms with Crippen molar-refractivity contribution >= 4 is 5.97 Å². The van der Waals surface area contributed by atoms with Gasteiger partial charge in [-0.25, -0.2) is 0 Å². The Bertz CT molecular complexity index is 165. The monoisotopic (exact) mass is 156 g/mol. The van der Waals surface area contributed by atoms with Gasteiger partial charge in [-0.1, -0.05) is 13.3 Å². The molecule has 0 aromatic heterocycles. The van der Waals surface area contributed by atoms with Crippen LogP contribution in [0.1, 0.15) is 33.1 Å². The molecule has 0 heterocycles. The zero-order valence-electron chi connectivity index (χ0n) is 7.52. The van der Waals surface area contributed by atoms with Crippen molar-refractivity contribution < 1.29 is 9.53 Å². The second-order valence-corrected chi connectivity index (χ2v) is 3.70. The summed E-state index contributed by atoms with van der Waals surface area (Å²) >= 11 is 0. The Hall–Kier alpha value is -0.530. The highest BCUT2D eigenvalue weighted by molar-refractivity contribution is 5.76. The lowest BCUT2D eigenvalue weighted by molar-refractivity contribution is -0.153. The van der Waals surface area contributed by atoms with Gasteiger partial charge in [-0.3, -0.25) is 4.79 Å². The third-order valence-electron chi connectivity index (χ3n) is 3.07. The van der Waals surface area contributed by atoms with Gasteiger partial charge in [0.2, 0.25) is 0 Å². The van der Waals surface area contributed by atoms with Gasteiger partial charge in [-0.05, 0) is 25.7 Å². The first-order chi connectivity index (χ1) is 5.11. The van der Waals surface area contributed by atoms with E-state index in [-0.39, 0.29) is 11.4 Å². The van der Waals surface area contributed by atoms with Crippen LogP contribution in [-0.4, -0.2) is 13.1 Å². The highest BCUT2D eigenvalue weighted by atomic mass is 16.5. The highest BCUT2D eigenvalue weighted by Gasteiger charge is 2.43. The van der Waals surface area contributed by atoms with Gasteiger partial charge < -0.3 is 4.74 Å². The Labute approximate surface area is 67.9 Å². The lowest BCUT2D eigenvalue weighted by Gasteiger charge is -2.25. The minimum absolute atomic E-state index is 0.0394. The molecule has 1 aliphatic carbocycles. The van der Waals surface area contributed by atoms with E-state index in [1.165, 1.54) is 7.11 Å². The molecule has 2 heteroatoms. The summed E-state index contributed by atoms with van der Waals surface area (Å²) in [6.45, 7) is 4.14. The van der Waals surface area contributed by atoms with Crippen LogP contribution in [0.2, 0.25) is 0 Å². The molecule has 0 N–H and O–H groups in total. The quantitative estimate of drug-likeness (QED) is 0.543. The summed E-state index contributed by atoms with van der Waals surface area (Å²) < 4.78 is 4.77. The zero-order valence-corrected chi connectivity index (χ0v) is 7.52. The second kappa shape index (κ2) is 2.84. The Morgan fingerprint density at radius 1 is 1.64 bits per heavy atom. The van der Waals surface area contributed by atoms with Crippen LogP contribution in [0.15, 0.2) is 0 Å². The minimum atomic E-state index is -0.200. The predicted octanol–water partition coefficient (Wildman–Crippen LogP) is 1.99. The number of hydrogen-bond acceptors (Lipinski definition) is 2. The maximum Gasteiger partial charge on any atom is 0.311 e. The topological polar surface area (TPSA) is 26.3 Å². The van der Waals surface area contributed by atoms with Crippen molar-refractivity contribution in [1.82, 2.24) is 0 Å². The lowest BCUT2D eigenvalue weighted by atomic mass is 9.81. The van der Waals surface area contributed by atoms with Gasteiger partial charge in [0, 0.05) is 0 Å². The lowest BCUT2D eigenvalue weighted by Crippen LogP contribution is -2.31. The Morgan fingerprint density at radius 2 is 2.27 bits per heavy atom. The fourth-order valence-corrected chi connectivity index (χ4v) is 1.88. The summed E-state index contributed by atoms with van der Waals surface area (Å²) in [5, 5.41) is 0. The first kappa shape index (κ1) is 8.57. The molecule has 1 rings (SSSR count). The number of esters is 1. The summed E-state index contributed by atoms with van der Waals surface area (Å²) in [5.74, 6) is 0.442. The van der Waals surface area contributed by atoms with Crippen molar-refractivity contribution in [3.8, 4) is 0 Å². The molecular formula is C9H16O2. The number of rotatable bonds is 1. The molecule has 1 aliphatic rings. The number of hydrogen-bond donors (Lipinski definition) is 0. The van der Waals surface area contributed by atoms with Crippen LogP contribution in [0.5, 0.6) is 0 Å². The van der Waals surface area contributed by atoms with Gasteiger partial charge in [0.1, 0.15) is 0 Å². The minimum Gasteiger partial charge on any atom is -0.469 e. The van der Waals surface area contributed by atoms with Crippen molar-refractivity contribution in [2.24, 2.45) is 11.3 Å². The summed E-state index contributed by atoms with van der Waals surface area (Å²) in [7, 11) is 1.47. The van der Waals surface area contributed by atoms with E-state index in [9.17, 15) is 4.79 Å². The number of carbonyl (C=O) groups is 1. The van der Waals surface area contributed by atoms with Crippen molar-refractivity contribution in [2.75, 3.05) is 7.11 Å². The van der Waals surface area contributed by atoms with Crippen LogP contribution in [0.4, 0.5) is 0 Å². The smallest absolute Gasteiger partial charge is 0.311 e. The Kier molecular flexibility index (Phi) is 2.21. The predicted molar refractivity (Wildman–Crippen MR) is 43.1 cm³/mol. The number of ether oxygens (including phenoxy) is 1. The van der Waals surface area contributed by atoms with Crippen LogP contribution < -0.4 is 0 Å². The van der Waals surface area contributed by atoms with Gasteiger partial charge in [0.25, 0.3) is 0 Å². The first-order valence-electron chi connectivity index (χ1n) is 4.19. The molecule has 11 heavy (non-hydrogen) atoms. The summed E-state index contributed by atoms with van der Waals surface area (Å²) in [5.41, 5.74) is -0.200. The largest absolute Gasteiger partial charge is 0.469 e. The Morgan fingerprint density at radius 3 is 2.64 bits per heavy atom. The van der Waals surface area contributed by atoms with E-state index in [2.05, 4.69) is 6.92 Å². The molecule has 1 fully saturated rings. The van der Waals surface area contributed by atoms with Crippen molar-refractivity contribution in [3.05, 3.63) is 0 Å². The molecule has 1 saturated carbocycles. The first-order valence-corrected chi connectivity index (χ1v) is 4.19. The molecule has 0 amide bonds. The van der Waals surface area contributed by atoms with E-state index in [1.54, 1.807) is 0 Å². The molecule has 0 bridgehead atoms. The molecule has 2 atom stereocenters. The molecule has 0 aromatic rings. The fourth-order valence-electron chi connectivity index (χ4n) is 1.88. The molecule has 0 spiro atoms. The Balaban J connectivity index is 2.72. The van der Waals surface area contributed by atoms with Crippen LogP contribution in [0.3, 0.4) is 0 Å². The van der Waals surface area contributed by atoms with Crippen molar-refractivity contribution in [3.63, 3.8) is 0 Å². The van der Waals surface area contributed by atoms with E-state index < -0.39 is 0 Å². The van der Waals surface area contributed by atoms with Crippen LogP contribution in [0, 0.1) is 11.3 Å². The van der Waals surface area contributed by atoms with E-state index >= 15 is 0 Å². The van der Waals surface area contributed by atoms with E-state index in [4.69, 9.17) is 4.74 Å². The van der Waals surface area contributed by atoms with Crippen LogP contribution in [0.25, 0.3) is 0 Å². The summed E-state index contributed by atoms with van der Waals surface area (Å²) in [4.78, 5) is 11.3. The average Bonchev–Trinajstić information content (AvgIpc) is 2.32. The molecule has 0 radical (unpaired) electrons. The zero-order chi connectivity index (χ0) is 8.48. The SMILES string of the molecule is COC(=O)C1(C)CCCC1C. The molecule has 2 nitrogen and oxygen atoms in total. The molecule has 64 valence electrons.